The molecule has 11 heavy (non-hydrogen) atoms. The second-order valence-electron chi connectivity index (χ2n) is 1.92. The summed E-state index contributed by atoms with van der Waals surface area (Å²) in [6.45, 7) is 1.87. The molecule has 0 spiro atoms. The smallest absolute Gasteiger partial charge is 0.168 e. The van der Waals surface area contributed by atoms with Crippen molar-refractivity contribution in [3.63, 3.8) is 0 Å². The summed E-state index contributed by atoms with van der Waals surface area (Å²) >= 11 is 0.925. The first-order valence-corrected chi connectivity index (χ1v) is 4.19. The van der Waals surface area contributed by atoms with Crippen LogP contribution in [0.5, 0.6) is 0 Å². The van der Waals surface area contributed by atoms with Gasteiger partial charge >= 0.3 is 0 Å². The van der Waals surface area contributed by atoms with Crippen molar-refractivity contribution in [2.24, 2.45) is 5.73 Å². The van der Waals surface area contributed by atoms with Crippen molar-refractivity contribution in [1.29, 1.82) is 5.26 Å². The molecular weight excluding hydrogens is 160 g/mol. The molecule has 0 rings (SSSR count). The van der Waals surface area contributed by atoms with Gasteiger partial charge in [-0.15, -0.1) is 0 Å². The fraction of sp³-hybridized carbons (Fsp3) is 0.429. The monoisotopic (exact) mass is 170 g/mol. The third-order valence-corrected chi connectivity index (χ3v) is 1.59. The number of thiocyanates is 1. The largest absolute Gasteiger partial charge is 0.402 e. The molecular formula is C7H10N2OS. The van der Waals surface area contributed by atoms with Crippen molar-refractivity contribution in [2.45, 2.75) is 13.3 Å². The summed E-state index contributed by atoms with van der Waals surface area (Å²) in [5, 5.41) is 9.93. The number of nitrogens with two attached hydrogens (primary N) is 1. The number of thioether (sulfide) groups is 1. The van der Waals surface area contributed by atoms with Crippen LogP contribution in [0, 0.1) is 10.7 Å². The van der Waals surface area contributed by atoms with E-state index < -0.39 is 0 Å². The van der Waals surface area contributed by atoms with Gasteiger partial charge in [0.15, 0.2) is 5.78 Å². The molecule has 2 N–H and O–H groups in total. The molecule has 0 bridgehead atoms. The van der Waals surface area contributed by atoms with Crippen LogP contribution in [0.3, 0.4) is 0 Å². The van der Waals surface area contributed by atoms with Gasteiger partial charge < -0.3 is 5.73 Å². The Kier molecular flexibility index (Phi) is 5.30. The number of carbonyl (C=O) groups excluding carboxylic acids is 1. The van der Waals surface area contributed by atoms with Crippen LogP contribution in [0.1, 0.15) is 13.3 Å². The number of hydrogen-bond donors (Lipinski definition) is 1. The zero-order chi connectivity index (χ0) is 8.69. The van der Waals surface area contributed by atoms with Gasteiger partial charge in [0.1, 0.15) is 5.40 Å². The minimum atomic E-state index is -0.101. The van der Waals surface area contributed by atoms with E-state index in [4.69, 9.17) is 11.0 Å². The van der Waals surface area contributed by atoms with E-state index in [1.54, 1.807) is 0 Å². The average Bonchev–Trinajstić information content (AvgIpc) is 2.00. The second-order valence-corrected chi connectivity index (χ2v) is 2.68. The van der Waals surface area contributed by atoms with E-state index in [-0.39, 0.29) is 11.5 Å². The Morgan fingerprint density at radius 1 is 1.82 bits per heavy atom. The highest BCUT2D eigenvalue weighted by atomic mass is 32.2. The molecule has 0 aromatic rings. The molecule has 4 heteroatoms. The van der Waals surface area contributed by atoms with Crippen LogP contribution in [0.4, 0.5) is 0 Å². The minimum Gasteiger partial charge on any atom is -0.402 e. The van der Waals surface area contributed by atoms with Gasteiger partial charge in [0.05, 0.1) is 5.75 Å². The summed E-state index contributed by atoms with van der Waals surface area (Å²) in [5.41, 5.74) is 5.96. The predicted molar refractivity (Wildman–Crippen MR) is 45.6 cm³/mol. The molecule has 0 saturated heterocycles. The number of hydrogen-bond acceptors (Lipinski definition) is 4. The minimum absolute atomic E-state index is 0.101. The molecule has 3 nitrogen and oxygen atoms in total. The maximum Gasteiger partial charge on any atom is 0.168 e. The van der Waals surface area contributed by atoms with Crippen molar-refractivity contribution in [1.82, 2.24) is 0 Å². The fourth-order valence-electron chi connectivity index (χ4n) is 0.454. The van der Waals surface area contributed by atoms with Crippen molar-refractivity contribution in [3.8, 4) is 5.40 Å². The molecule has 60 valence electrons. The van der Waals surface area contributed by atoms with Crippen LogP contribution in [0.2, 0.25) is 0 Å². The van der Waals surface area contributed by atoms with Gasteiger partial charge in [-0.3, -0.25) is 4.79 Å². The Bertz CT molecular complexity index is 205. The summed E-state index contributed by atoms with van der Waals surface area (Å²) < 4.78 is 0. The molecule has 0 aromatic carbocycles. The van der Waals surface area contributed by atoms with Crippen LogP contribution in [-0.4, -0.2) is 11.5 Å². The lowest BCUT2D eigenvalue weighted by Crippen LogP contribution is -2.02. The lowest BCUT2D eigenvalue weighted by molar-refractivity contribution is -0.112. The maximum atomic E-state index is 10.8. The SMILES string of the molecule is CCC(N)=CC(=O)CSC#N. The van der Waals surface area contributed by atoms with E-state index in [0.717, 1.165) is 11.8 Å². The van der Waals surface area contributed by atoms with E-state index in [2.05, 4.69) is 0 Å². The van der Waals surface area contributed by atoms with Gasteiger partial charge in [-0.1, -0.05) is 6.92 Å². The maximum absolute atomic E-state index is 10.8. The third-order valence-electron chi connectivity index (χ3n) is 1.03. The number of rotatable bonds is 4. The predicted octanol–water partition coefficient (Wildman–Crippen LogP) is 1.02. The first-order valence-electron chi connectivity index (χ1n) is 3.20. The Morgan fingerprint density at radius 3 is 2.91 bits per heavy atom. The summed E-state index contributed by atoms with van der Waals surface area (Å²) in [4.78, 5) is 10.8. The van der Waals surface area contributed by atoms with Gasteiger partial charge in [0.25, 0.3) is 0 Å². The molecule has 0 aromatic heterocycles. The first kappa shape index (κ1) is 10.0. The van der Waals surface area contributed by atoms with Crippen LogP contribution in [0.15, 0.2) is 11.8 Å². The van der Waals surface area contributed by atoms with Gasteiger partial charge in [-0.05, 0) is 18.2 Å². The average molecular weight is 170 g/mol. The standard InChI is InChI=1S/C7H10N2OS/c1-2-6(9)3-7(10)4-11-5-8/h3H,2,4,9H2,1H3. The molecule has 0 fully saturated rings. The van der Waals surface area contributed by atoms with E-state index in [9.17, 15) is 4.79 Å². The first-order chi connectivity index (χ1) is 5.20. The Hall–Kier alpha value is -0.950. The fourth-order valence-corrected chi connectivity index (χ4v) is 0.744. The zero-order valence-electron chi connectivity index (χ0n) is 6.33. The summed E-state index contributed by atoms with van der Waals surface area (Å²) in [7, 11) is 0. The highest BCUT2D eigenvalue weighted by Crippen LogP contribution is 1.98. The van der Waals surface area contributed by atoms with Gasteiger partial charge in [-0.2, -0.15) is 5.26 Å². The lowest BCUT2D eigenvalue weighted by atomic mass is 10.3. The van der Waals surface area contributed by atoms with E-state index in [1.165, 1.54) is 6.08 Å². The van der Waals surface area contributed by atoms with E-state index in [0.29, 0.717) is 12.1 Å². The van der Waals surface area contributed by atoms with Crippen molar-refractivity contribution in [2.75, 3.05) is 5.75 Å². The Labute approximate surface area is 70.3 Å². The number of ketones is 1. The van der Waals surface area contributed by atoms with Crippen LogP contribution in [0.25, 0.3) is 0 Å². The summed E-state index contributed by atoms with van der Waals surface area (Å²) in [6, 6.07) is 0. The highest BCUT2D eigenvalue weighted by Gasteiger charge is 1.97. The normalized spacial score (nSPS) is 10.7. The van der Waals surface area contributed by atoms with Gasteiger partial charge in [-0.25, -0.2) is 0 Å². The molecule has 0 atom stereocenters. The quantitative estimate of drug-likeness (QED) is 0.505. The van der Waals surface area contributed by atoms with Crippen LogP contribution < -0.4 is 5.73 Å². The van der Waals surface area contributed by atoms with E-state index in [1.807, 2.05) is 12.3 Å². The molecule has 0 aliphatic heterocycles. The number of nitrogens with zero attached hydrogens (tertiary/aromatic N) is 1. The molecule has 0 saturated carbocycles. The van der Waals surface area contributed by atoms with Gasteiger partial charge in [0, 0.05) is 11.8 Å². The molecule has 0 aliphatic rings. The second kappa shape index (κ2) is 5.81. The molecule has 0 radical (unpaired) electrons. The van der Waals surface area contributed by atoms with Crippen LogP contribution >= 0.6 is 11.8 Å². The van der Waals surface area contributed by atoms with E-state index >= 15 is 0 Å². The number of allylic oxidation sites excluding steroid dienone is 2. The summed E-state index contributed by atoms with van der Waals surface area (Å²) in [6.07, 6.45) is 2.05. The topological polar surface area (TPSA) is 66.9 Å². The molecule has 0 amide bonds. The molecule has 0 unspecified atom stereocenters. The number of carbonyl (C=O) groups is 1. The van der Waals surface area contributed by atoms with Crippen LogP contribution in [-0.2, 0) is 4.79 Å². The Morgan fingerprint density at radius 2 is 2.45 bits per heavy atom. The number of nitriles is 1. The highest BCUT2D eigenvalue weighted by molar-refractivity contribution is 8.04. The summed E-state index contributed by atoms with van der Waals surface area (Å²) in [5.74, 6) is 0.0906. The van der Waals surface area contributed by atoms with Crippen molar-refractivity contribution < 1.29 is 4.79 Å². The third kappa shape index (κ3) is 5.49. The van der Waals surface area contributed by atoms with Gasteiger partial charge in [0.2, 0.25) is 0 Å². The lowest BCUT2D eigenvalue weighted by Gasteiger charge is -1.92. The molecule has 0 heterocycles. The van der Waals surface area contributed by atoms with Crippen molar-refractivity contribution in [3.05, 3.63) is 11.8 Å². The Balaban J connectivity index is 3.79. The molecule has 0 aliphatic carbocycles. The van der Waals surface area contributed by atoms with Crippen molar-refractivity contribution >= 4 is 17.5 Å². The zero-order valence-corrected chi connectivity index (χ0v) is 7.15.